The van der Waals surface area contributed by atoms with Gasteiger partial charge in [0.05, 0.1) is 11.3 Å². The monoisotopic (exact) mass is 366 g/mol. The fourth-order valence-corrected chi connectivity index (χ4v) is 2.38. The van der Waals surface area contributed by atoms with Gasteiger partial charge in [0.1, 0.15) is 10.8 Å². The normalized spacial score (nSPS) is 10.2. The molecule has 0 saturated heterocycles. The minimum Gasteiger partial charge on any atom is -0.389 e. The van der Waals surface area contributed by atoms with Gasteiger partial charge in [-0.3, -0.25) is 4.79 Å². The molecule has 1 amide bonds. The average Bonchev–Trinajstić information content (AvgIpc) is 2.41. The Balaban J connectivity index is 2.38. The molecule has 21 heavy (non-hydrogen) atoms. The molecule has 3 N–H and O–H groups in total. The highest BCUT2D eigenvalue weighted by molar-refractivity contribution is 9.10. The van der Waals surface area contributed by atoms with Crippen molar-refractivity contribution < 1.29 is 9.18 Å². The standard InChI is InChI=1S/C15H12BrFN2OS/c1-8-2-5-12(17)11(6-8)15(20)19-13-7-9(16)3-4-10(13)14(18)21/h2-7H,1H3,(H2,18,21)(H,19,20). The molecule has 0 aliphatic carbocycles. The predicted molar refractivity (Wildman–Crippen MR) is 89.1 cm³/mol. The summed E-state index contributed by atoms with van der Waals surface area (Å²) in [5.41, 5.74) is 7.35. The number of amides is 1. The Kier molecular flexibility index (Phi) is 4.69. The summed E-state index contributed by atoms with van der Waals surface area (Å²) in [4.78, 5) is 12.4. The molecule has 108 valence electrons. The lowest BCUT2D eigenvalue weighted by Gasteiger charge is -2.11. The third-order valence-electron chi connectivity index (χ3n) is 2.86. The van der Waals surface area contributed by atoms with E-state index >= 15 is 0 Å². The average molecular weight is 367 g/mol. The number of benzene rings is 2. The molecule has 2 aromatic rings. The molecule has 0 spiro atoms. The topological polar surface area (TPSA) is 55.1 Å². The molecule has 0 radical (unpaired) electrons. The molecule has 0 bridgehead atoms. The maximum absolute atomic E-state index is 13.7. The van der Waals surface area contributed by atoms with Crippen LogP contribution in [0.1, 0.15) is 21.5 Å². The maximum Gasteiger partial charge on any atom is 0.258 e. The first-order chi connectivity index (χ1) is 9.88. The smallest absolute Gasteiger partial charge is 0.258 e. The van der Waals surface area contributed by atoms with E-state index in [0.717, 1.165) is 10.0 Å². The van der Waals surface area contributed by atoms with Gasteiger partial charge in [-0.1, -0.05) is 39.8 Å². The minimum absolute atomic E-state index is 0.0242. The molecule has 2 rings (SSSR count). The van der Waals surface area contributed by atoms with Gasteiger partial charge >= 0.3 is 0 Å². The molecule has 6 heteroatoms. The van der Waals surface area contributed by atoms with Crippen LogP contribution in [0.5, 0.6) is 0 Å². The van der Waals surface area contributed by atoms with Crippen LogP contribution in [0, 0.1) is 12.7 Å². The van der Waals surface area contributed by atoms with Crippen molar-refractivity contribution in [1.82, 2.24) is 0 Å². The number of nitrogens with one attached hydrogen (secondary N) is 1. The Morgan fingerprint density at radius 2 is 1.95 bits per heavy atom. The van der Waals surface area contributed by atoms with E-state index in [-0.39, 0.29) is 10.6 Å². The maximum atomic E-state index is 13.7. The second kappa shape index (κ2) is 6.32. The van der Waals surface area contributed by atoms with Gasteiger partial charge in [-0.2, -0.15) is 0 Å². The Morgan fingerprint density at radius 3 is 2.62 bits per heavy atom. The van der Waals surface area contributed by atoms with E-state index < -0.39 is 11.7 Å². The fraction of sp³-hybridized carbons (Fsp3) is 0.0667. The number of hydrogen-bond acceptors (Lipinski definition) is 2. The zero-order valence-electron chi connectivity index (χ0n) is 11.1. The van der Waals surface area contributed by atoms with Crippen LogP contribution in [-0.4, -0.2) is 10.9 Å². The SMILES string of the molecule is Cc1ccc(F)c(C(=O)Nc2cc(Br)ccc2C(N)=S)c1. The van der Waals surface area contributed by atoms with E-state index in [1.807, 2.05) is 0 Å². The molecule has 0 heterocycles. The van der Waals surface area contributed by atoms with Crippen LogP contribution < -0.4 is 11.1 Å². The van der Waals surface area contributed by atoms with Gasteiger partial charge in [-0.25, -0.2) is 4.39 Å². The largest absolute Gasteiger partial charge is 0.389 e. The number of carbonyl (C=O) groups is 1. The molecule has 2 aromatic carbocycles. The third-order valence-corrected chi connectivity index (χ3v) is 3.57. The summed E-state index contributed by atoms with van der Waals surface area (Å²) in [6, 6.07) is 9.47. The lowest BCUT2D eigenvalue weighted by Crippen LogP contribution is -2.18. The van der Waals surface area contributed by atoms with Gasteiger partial charge in [0.15, 0.2) is 0 Å². The van der Waals surface area contributed by atoms with Crippen LogP contribution >= 0.6 is 28.1 Å². The molecular formula is C15H12BrFN2OS. The van der Waals surface area contributed by atoms with Crippen LogP contribution in [0.25, 0.3) is 0 Å². The molecule has 0 fully saturated rings. The summed E-state index contributed by atoms with van der Waals surface area (Å²) < 4.78 is 14.5. The van der Waals surface area contributed by atoms with Crippen LogP contribution in [0.3, 0.4) is 0 Å². The van der Waals surface area contributed by atoms with Gasteiger partial charge in [0.2, 0.25) is 0 Å². The van der Waals surface area contributed by atoms with E-state index in [1.54, 1.807) is 31.2 Å². The molecule has 0 atom stereocenters. The Morgan fingerprint density at radius 1 is 1.24 bits per heavy atom. The summed E-state index contributed by atoms with van der Waals surface area (Å²) in [6.07, 6.45) is 0. The number of thiocarbonyl (C=S) groups is 1. The van der Waals surface area contributed by atoms with Crippen molar-refractivity contribution in [3.8, 4) is 0 Å². The number of nitrogens with two attached hydrogens (primary N) is 1. The number of hydrogen-bond donors (Lipinski definition) is 2. The molecule has 0 aromatic heterocycles. The molecule has 3 nitrogen and oxygen atoms in total. The number of anilines is 1. The number of rotatable bonds is 3. The van der Waals surface area contributed by atoms with Gasteiger partial charge in [0.25, 0.3) is 5.91 Å². The lowest BCUT2D eigenvalue weighted by molar-refractivity contribution is 0.102. The molecule has 0 aliphatic heterocycles. The van der Waals surface area contributed by atoms with Crippen molar-refractivity contribution in [2.75, 3.05) is 5.32 Å². The highest BCUT2D eigenvalue weighted by Crippen LogP contribution is 2.23. The number of carbonyl (C=O) groups excluding carboxylic acids is 1. The highest BCUT2D eigenvalue weighted by atomic mass is 79.9. The molecule has 0 aliphatic rings. The minimum atomic E-state index is -0.579. The van der Waals surface area contributed by atoms with Crippen molar-refractivity contribution in [2.45, 2.75) is 6.92 Å². The van der Waals surface area contributed by atoms with E-state index in [1.165, 1.54) is 12.1 Å². The second-order valence-corrected chi connectivity index (χ2v) is 5.85. The Hall–Kier alpha value is -1.79. The highest BCUT2D eigenvalue weighted by Gasteiger charge is 2.15. The van der Waals surface area contributed by atoms with Crippen molar-refractivity contribution in [2.24, 2.45) is 5.73 Å². The summed E-state index contributed by atoms with van der Waals surface area (Å²) >= 11 is 8.25. The van der Waals surface area contributed by atoms with Crippen molar-refractivity contribution in [1.29, 1.82) is 0 Å². The number of halogens is 2. The van der Waals surface area contributed by atoms with Gasteiger partial charge < -0.3 is 11.1 Å². The zero-order valence-corrected chi connectivity index (χ0v) is 13.5. The van der Waals surface area contributed by atoms with E-state index in [9.17, 15) is 9.18 Å². The first-order valence-electron chi connectivity index (χ1n) is 6.05. The summed E-state index contributed by atoms with van der Waals surface area (Å²) in [5, 5.41) is 2.64. The summed E-state index contributed by atoms with van der Waals surface area (Å²) in [7, 11) is 0. The van der Waals surface area contributed by atoms with Crippen LogP contribution in [0.2, 0.25) is 0 Å². The van der Waals surface area contributed by atoms with Gasteiger partial charge in [-0.05, 0) is 37.3 Å². The van der Waals surface area contributed by atoms with Crippen LogP contribution in [0.4, 0.5) is 10.1 Å². The molecule has 0 unspecified atom stereocenters. The zero-order chi connectivity index (χ0) is 15.6. The fourth-order valence-electron chi connectivity index (χ4n) is 1.84. The first-order valence-corrected chi connectivity index (χ1v) is 7.25. The van der Waals surface area contributed by atoms with Crippen LogP contribution in [-0.2, 0) is 0 Å². The molecular weight excluding hydrogens is 355 g/mol. The van der Waals surface area contributed by atoms with Gasteiger partial charge in [-0.15, -0.1) is 0 Å². The van der Waals surface area contributed by atoms with E-state index in [4.69, 9.17) is 18.0 Å². The van der Waals surface area contributed by atoms with Crippen molar-refractivity contribution >= 4 is 44.7 Å². The lowest BCUT2D eigenvalue weighted by atomic mass is 10.1. The first kappa shape index (κ1) is 15.6. The van der Waals surface area contributed by atoms with Crippen molar-refractivity contribution in [3.63, 3.8) is 0 Å². The number of aryl methyl sites for hydroxylation is 1. The van der Waals surface area contributed by atoms with E-state index in [2.05, 4.69) is 21.2 Å². The second-order valence-electron chi connectivity index (χ2n) is 4.49. The summed E-state index contributed by atoms with van der Waals surface area (Å²) in [6.45, 7) is 1.79. The summed E-state index contributed by atoms with van der Waals surface area (Å²) in [5.74, 6) is -1.13. The third kappa shape index (κ3) is 3.65. The van der Waals surface area contributed by atoms with Gasteiger partial charge in [0, 0.05) is 10.0 Å². The Labute approximate surface area is 135 Å². The predicted octanol–water partition coefficient (Wildman–Crippen LogP) is 3.78. The molecule has 0 saturated carbocycles. The van der Waals surface area contributed by atoms with Crippen molar-refractivity contribution in [3.05, 3.63) is 63.4 Å². The van der Waals surface area contributed by atoms with Crippen LogP contribution in [0.15, 0.2) is 40.9 Å². The quantitative estimate of drug-likeness (QED) is 0.812. The van der Waals surface area contributed by atoms with E-state index in [0.29, 0.717) is 11.3 Å². The Bertz CT molecular complexity index is 734.